The fourth-order valence-corrected chi connectivity index (χ4v) is 4.50. The number of para-hydroxylation sites is 2. The van der Waals surface area contributed by atoms with Crippen LogP contribution in [0, 0.1) is 0 Å². The summed E-state index contributed by atoms with van der Waals surface area (Å²) in [6, 6.07) is 12.0. The Morgan fingerprint density at radius 2 is 2.12 bits per heavy atom. The molecule has 0 bridgehead atoms. The molecule has 178 valence electrons. The zero-order chi connectivity index (χ0) is 24.1. The molecule has 2 aromatic carbocycles. The molecule has 0 saturated heterocycles. The number of nitrogens with zero attached hydrogens (tertiary/aromatic N) is 2. The van der Waals surface area contributed by atoms with Crippen molar-refractivity contribution in [1.82, 2.24) is 4.98 Å². The minimum Gasteiger partial charge on any atom is -0.492 e. The number of ether oxygens (including phenoxy) is 3. The van der Waals surface area contributed by atoms with Gasteiger partial charge in [-0.15, -0.1) is 11.3 Å². The van der Waals surface area contributed by atoms with Gasteiger partial charge >= 0.3 is 0 Å². The molecule has 1 unspecified atom stereocenters. The Kier molecular flexibility index (Phi) is 7.44. The van der Waals surface area contributed by atoms with Crippen molar-refractivity contribution in [2.24, 2.45) is 0 Å². The molecule has 1 atom stereocenters. The van der Waals surface area contributed by atoms with E-state index in [1.165, 1.54) is 4.90 Å². The number of methoxy groups -OCH3 is 1. The van der Waals surface area contributed by atoms with E-state index in [4.69, 9.17) is 14.2 Å². The van der Waals surface area contributed by atoms with E-state index in [1.807, 2.05) is 42.6 Å². The molecule has 0 aliphatic carbocycles. The van der Waals surface area contributed by atoms with E-state index in [9.17, 15) is 9.59 Å². The molecule has 2 amide bonds. The SMILES string of the molecule is CCOc1ccccc1NC(=O)C(C)N1C(=O)COc2ccc(-c3csc(CCOC)n3)cc21. The first-order chi connectivity index (χ1) is 16.5. The van der Waals surface area contributed by atoms with Crippen molar-refractivity contribution in [3.05, 3.63) is 52.9 Å². The van der Waals surface area contributed by atoms with E-state index in [1.54, 1.807) is 37.5 Å². The van der Waals surface area contributed by atoms with Gasteiger partial charge in [0.1, 0.15) is 17.5 Å². The fraction of sp³-hybridized carbons (Fsp3) is 0.320. The van der Waals surface area contributed by atoms with Crippen LogP contribution >= 0.6 is 11.3 Å². The maximum atomic E-state index is 13.2. The largest absolute Gasteiger partial charge is 0.492 e. The summed E-state index contributed by atoms with van der Waals surface area (Å²) in [4.78, 5) is 32.2. The Bertz CT molecular complexity index is 1180. The molecule has 1 aromatic heterocycles. The van der Waals surface area contributed by atoms with Crippen molar-refractivity contribution in [3.8, 4) is 22.8 Å². The summed E-state index contributed by atoms with van der Waals surface area (Å²) in [6.07, 6.45) is 0.736. The van der Waals surface area contributed by atoms with E-state index in [0.717, 1.165) is 22.7 Å². The van der Waals surface area contributed by atoms with Crippen molar-refractivity contribution in [2.75, 3.05) is 37.1 Å². The second-order valence-corrected chi connectivity index (χ2v) is 8.64. The summed E-state index contributed by atoms with van der Waals surface area (Å²) in [5.74, 6) is 0.514. The van der Waals surface area contributed by atoms with Gasteiger partial charge in [-0.05, 0) is 44.2 Å². The van der Waals surface area contributed by atoms with Gasteiger partial charge in [0.2, 0.25) is 5.91 Å². The summed E-state index contributed by atoms with van der Waals surface area (Å²) in [6.45, 7) is 4.53. The molecule has 9 heteroatoms. The summed E-state index contributed by atoms with van der Waals surface area (Å²) in [5.41, 5.74) is 2.75. The number of hydrogen-bond acceptors (Lipinski definition) is 7. The van der Waals surface area contributed by atoms with Gasteiger partial charge in [0, 0.05) is 24.5 Å². The van der Waals surface area contributed by atoms with Crippen LogP contribution < -0.4 is 19.7 Å². The Hall–Kier alpha value is -3.43. The lowest BCUT2D eigenvalue weighted by molar-refractivity contribution is -0.125. The Labute approximate surface area is 202 Å². The molecule has 1 aliphatic rings. The van der Waals surface area contributed by atoms with E-state index in [0.29, 0.717) is 36.1 Å². The summed E-state index contributed by atoms with van der Waals surface area (Å²) in [7, 11) is 1.66. The Morgan fingerprint density at radius 3 is 2.91 bits per heavy atom. The zero-order valence-electron chi connectivity index (χ0n) is 19.4. The van der Waals surface area contributed by atoms with E-state index in [2.05, 4.69) is 10.3 Å². The maximum Gasteiger partial charge on any atom is 0.265 e. The third-order valence-electron chi connectivity index (χ3n) is 5.42. The molecule has 0 radical (unpaired) electrons. The number of anilines is 2. The van der Waals surface area contributed by atoms with Crippen LogP contribution in [0.25, 0.3) is 11.3 Å². The predicted octanol–water partition coefficient (Wildman–Crippen LogP) is 4.15. The predicted molar refractivity (Wildman–Crippen MR) is 132 cm³/mol. The molecule has 0 fully saturated rings. The van der Waals surface area contributed by atoms with Crippen LogP contribution in [0.3, 0.4) is 0 Å². The molecular weight excluding hydrogens is 454 g/mol. The van der Waals surface area contributed by atoms with Crippen molar-refractivity contribution >= 4 is 34.5 Å². The number of benzene rings is 2. The standard InChI is InChI=1S/C25H27N3O5S/c1-4-32-21-8-6-5-7-18(21)27-25(30)16(2)28-20-13-17(9-10-22(20)33-14-24(28)29)19-15-34-23(26-19)11-12-31-3/h5-10,13,15-16H,4,11-12,14H2,1-3H3,(H,27,30). The van der Waals surface area contributed by atoms with Gasteiger partial charge in [-0.2, -0.15) is 0 Å². The first kappa shape index (κ1) is 23.7. The summed E-state index contributed by atoms with van der Waals surface area (Å²) in [5, 5.41) is 5.84. The van der Waals surface area contributed by atoms with E-state index < -0.39 is 6.04 Å². The van der Waals surface area contributed by atoms with Crippen LogP contribution in [-0.4, -0.2) is 49.8 Å². The highest BCUT2D eigenvalue weighted by Crippen LogP contribution is 2.37. The molecule has 1 aliphatic heterocycles. The minimum atomic E-state index is -0.771. The first-order valence-electron chi connectivity index (χ1n) is 11.1. The number of rotatable bonds is 9. The number of carbonyl (C=O) groups excluding carboxylic acids is 2. The average Bonchev–Trinajstić information content (AvgIpc) is 3.32. The molecule has 8 nitrogen and oxygen atoms in total. The molecule has 1 N–H and O–H groups in total. The van der Waals surface area contributed by atoms with Gasteiger partial charge in [0.15, 0.2) is 6.61 Å². The van der Waals surface area contributed by atoms with Gasteiger partial charge in [-0.1, -0.05) is 12.1 Å². The molecular formula is C25H27N3O5S. The van der Waals surface area contributed by atoms with Gasteiger partial charge < -0.3 is 19.5 Å². The van der Waals surface area contributed by atoms with Crippen LogP contribution in [0.4, 0.5) is 11.4 Å². The first-order valence-corrected chi connectivity index (χ1v) is 11.9. The average molecular weight is 482 g/mol. The highest BCUT2D eigenvalue weighted by molar-refractivity contribution is 7.09. The fourth-order valence-electron chi connectivity index (χ4n) is 3.71. The number of amides is 2. The summed E-state index contributed by atoms with van der Waals surface area (Å²) < 4.78 is 16.4. The Balaban J connectivity index is 1.59. The molecule has 34 heavy (non-hydrogen) atoms. The van der Waals surface area contributed by atoms with Crippen molar-refractivity contribution in [1.29, 1.82) is 0 Å². The number of nitrogens with one attached hydrogen (secondary N) is 1. The zero-order valence-corrected chi connectivity index (χ0v) is 20.2. The molecule has 2 heterocycles. The van der Waals surface area contributed by atoms with Crippen LogP contribution in [0.2, 0.25) is 0 Å². The van der Waals surface area contributed by atoms with Gasteiger partial charge in [-0.3, -0.25) is 14.5 Å². The second-order valence-electron chi connectivity index (χ2n) is 7.70. The molecule has 0 saturated carbocycles. The molecule has 0 spiro atoms. The highest BCUT2D eigenvalue weighted by Gasteiger charge is 2.33. The summed E-state index contributed by atoms with van der Waals surface area (Å²) >= 11 is 1.56. The van der Waals surface area contributed by atoms with Crippen LogP contribution in [0.15, 0.2) is 47.8 Å². The second kappa shape index (κ2) is 10.7. The van der Waals surface area contributed by atoms with Gasteiger partial charge in [0.25, 0.3) is 5.91 Å². The van der Waals surface area contributed by atoms with Crippen molar-refractivity contribution in [2.45, 2.75) is 26.3 Å². The van der Waals surface area contributed by atoms with Crippen LogP contribution in [0.1, 0.15) is 18.9 Å². The molecule has 3 aromatic rings. The van der Waals surface area contributed by atoms with Crippen molar-refractivity contribution in [3.63, 3.8) is 0 Å². The highest BCUT2D eigenvalue weighted by atomic mass is 32.1. The van der Waals surface area contributed by atoms with Crippen LogP contribution in [-0.2, 0) is 20.7 Å². The minimum absolute atomic E-state index is 0.128. The van der Waals surface area contributed by atoms with Crippen molar-refractivity contribution < 1.29 is 23.8 Å². The smallest absolute Gasteiger partial charge is 0.265 e. The van der Waals surface area contributed by atoms with Crippen LogP contribution in [0.5, 0.6) is 11.5 Å². The molecule has 4 rings (SSSR count). The lowest BCUT2D eigenvalue weighted by atomic mass is 10.1. The monoisotopic (exact) mass is 481 g/mol. The lowest BCUT2D eigenvalue weighted by Gasteiger charge is -2.33. The number of fused-ring (bicyclic) bond motifs is 1. The third-order valence-corrected chi connectivity index (χ3v) is 6.33. The van der Waals surface area contributed by atoms with E-state index in [-0.39, 0.29) is 18.4 Å². The topological polar surface area (TPSA) is 90.0 Å². The quantitative estimate of drug-likeness (QED) is 0.494. The van der Waals surface area contributed by atoms with Gasteiger partial charge in [0.05, 0.1) is 35.3 Å². The number of aromatic nitrogens is 1. The third kappa shape index (κ3) is 5.05. The van der Waals surface area contributed by atoms with E-state index >= 15 is 0 Å². The lowest BCUT2D eigenvalue weighted by Crippen LogP contribution is -2.49. The maximum absolute atomic E-state index is 13.2. The normalized spacial score (nSPS) is 13.7. The van der Waals surface area contributed by atoms with Gasteiger partial charge in [-0.25, -0.2) is 4.98 Å². The number of thiazole rings is 1. The number of hydrogen-bond donors (Lipinski definition) is 1. The number of carbonyl (C=O) groups is 2. The Morgan fingerprint density at radius 1 is 1.29 bits per heavy atom.